The highest BCUT2D eigenvalue weighted by atomic mass is 19.1. The first-order valence-electron chi connectivity index (χ1n) is 8.35. The molecule has 128 valence electrons. The van der Waals surface area contributed by atoms with Crippen molar-refractivity contribution in [3.8, 4) is 11.3 Å². The molecule has 1 aliphatic rings. The number of rotatable bonds is 3. The molecule has 1 aliphatic heterocycles. The number of halogens is 1. The molecular weight excluding hydrogens is 321 g/mol. The van der Waals surface area contributed by atoms with Crippen LogP contribution in [0.15, 0.2) is 59.3 Å². The Morgan fingerprint density at radius 2 is 2.04 bits per heavy atom. The Bertz CT molecular complexity index is 855. The Kier molecular flexibility index (Phi) is 4.09. The monoisotopic (exact) mass is 339 g/mol. The number of nitrogens with zero attached hydrogens (tertiary/aromatic N) is 3. The van der Waals surface area contributed by atoms with Crippen LogP contribution in [0.5, 0.6) is 0 Å². The van der Waals surface area contributed by atoms with Crippen molar-refractivity contribution in [2.75, 3.05) is 13.1 Å². The van der Waals surface area contributed by atoms with Gasteiger partial charge in [-0.2, -0.15) is 5.10 Å². The van der Waals surface area contributed by atoms with Crippen LogP contribution in [-0.2, 0) is 0 Å². The first-order valence-corrected chi connectivity index (χ1v) is 8.35. The van der Waals surface area contributed by atoms with E-state index >= 15 is 0 Å². The Balaban J connectivity index is 1.50. The zero-order valence-corrected chi connectivity index (χ0v) is 13.6. The number of likely N-dealkylation sites (tertiary alicyclic amines) is 1. The van der Waals surface area contributed by atoms with Gasteiger partial charge in [-0.3, -0.25) is 9.48 Å². The van der Waals surface area contributed by atoms with E-state index in [9.17, 15) is 9.18 Å². The second-order valence-corrected chi connectivity index (χ2v) is 6.20. The van der Waals surface area contributed by atoms with Gasteiger partial charge in [0.05, 0.1) is 6.04 Å². The third-order valence-electron chi connectivity index (χ3n) is 4.53. The van der Waals surface area contributed by atoms with Gasteiger partial charge >= 0.3 is 0 Å². The molecule has 1 amide bonds. The summed E-state index contributed by atoms with van der Waals surface area (Å²) in [6, 6.07) is 11.5. The summed E-state index contributed by atoms with van der Waals surface area (Å²) in [6.07, 6.45) is 5.62. The van der Waals surface area contributed by atoms with Gasteiger partial charge in [-0.05, 0) is 55.3 Å². The van der Waals surface area contributed by atoms with Crippen molar-refractivity contribution in [3.05, 3.63) is 66.4 Å². The van der Waals surface area contributed by atoms with Gasteiger partial charge in [-0.15, -0.1) is 0 Å². The lowest BCUT2D eigenvalue weighted by Crippen LogP contribution is -2.40. The molecule has 0 bridgehead atoms. The van der Waals surface area contributed by atoms with Crippen molar-refractivity contribution in [2.45, 2.75) is 18.9 Å². The lowest BCUT2D eigenvalue weighted by atomic mass is 10.1. The van der Waals surface area contributed by atoms with Gasteiger partial charge in [0.1, 0.15) is 11.6 Å². The van der Waals surface area contributed by atoms with Gasteiger partial charge in [-0.25, -0.2) is 4.39 Å². The molecule has 0 unspecified atom stereocenters. The zero-order chi connectivity index (χ0) is 17.2. The Morgan fingerprint density at radius 3 is 2.80 bits per heavy atom. The minimum Gasteiger partial charge on any atom is -0.451 e. The van der Waals surface area contributed by atoms with Crippen molar-refractivity contribution in [1.82, 2.24) is 14.7 Å². The van der Waals surface area contributed by atoms with Crippen LogP contribution in [0.25, 0.3) is 11.3 Å². The minimum absolute atomic E-state index is 0.120. The molecule has 3 heterocycles. The summed E-state index contributed by atoms with van der Waals surface area (Å²) in [4.78, 5) is 14.6. The molecule has 0 N–H and O–H groups in total. The van der Waals surface area contributed by atoms with Gasteiger partial charge in [0, 0.05) is 31.0 Å². The van der Waals surface area contributed by atoms with Gasteiger partial charge in [0.15, 0.2) is 5.76 Å². The molecule has 1 atom stereocenters. The average Bonchev–Trinajstić information content (AvgIpc) is 3.34. The highest BCUT2D eigenvalue weighted by Gasteiger charge is 2.27. The molecule has 4 rings (SSSR count). The molecule has 0 aliphatic carbocycles. The van der Waals surface area contributed by atoms with Crippen molar-refractivity contribution in [3.63, 3.8) is 0 Å². The van der Waals surface area contributed by atoms with Crippen molar-refractivity contribution in [2.24, 2.45) is 0 Å². The number of benzene rings is 1. The summed E-state index contributed by atoms with van der Waals surface area (Å²) in [6.45, 7) is 1.33. The number of hydrogen-bond acceptors (Lipinski definition) is 3. The van der Waals surface area contributed by atoms with Crippen LogP contribution in [0.4, 0.5) is 4.39 Å². The SMILES string of the molecule is O=C(c1ccc(-c2ccc(F)cc2)o1)N1CCC[C@@H](n2cccn2)C1. The van der Waals surface area contributed by atoms with Gasteiger partial charge in [0.25, 0.3) is 5.91 Å². The van der Waals surface area contributed by atoms with E-state index in [0.717, 1.165) is 18.4 Å². The Hall–Kier alpha value is -2.89. The molecule has 2 aromatic heterocycles. The standard InChI is InChI=1S/C19H18FN3O2/c20-15-6-4-14(5-7-15)17-8-9-18(25-17)19(24)22-11-1-3-16(13-22)23-12-2-10-21-23/h2,4-10,12,16H,1,3,11,13H2/t16-/m1/s1. The average molecular weight is 339 g/mol. The molecule has 5 nitrogen and oxygen atoms in total. The topological polar surface area (TPSA) is 51.3 Å². The van der Waals surface area contributed by atoms with Crippen LogP contribution in [0.3, 0.4) is 0 Å². The number of furan rings is 1. The molecule has 25 heavy (non-hydrogen) atoms. The van der Waals surface area contributed by atoms with Crippen molar-refractivity contribution >= 4 is 5.91 Å². The molecule has 0 radical (unpaired) electrons. The maximum Gasteiger partial charge on any atom is 0.289 e. The van der Waals surface area contributed by atoms with Crippen LogP contribution >= 0.6 is 0 Å². The number of hydrogen-bond donors (Lipinski definition) is 0. The maximum absolute atomic E-state index is 13.0. The first-order chi connectivity index (χ1) is 12.2. The summed E-state index contributed by atoms with van der Waals surface area (Å²) in [5.41, 5.74) is 0.744. The Labute approximate surface area is 144 Å². The van der Waals surface area contributed by atoms with E-state index in [2.05, 4.69) is 5.10 Å². The lowest BCUT2D eigenvalue weighted by molar-refractivity contribution is 0.0642. The van der Waals surface area contributed by atoms with Crippen LogP contribution in [0.1, 0.15) is 29.4 Å². The van der Waals surface area contributed by atoms with Crippen molar-refractivity contribution < 1.29 is 13.6 Å². The summed E-state index contributed by atoms with van der Waals surface area (Å²) in [5.74, 6) is 0.444. The van der Waals surface area contributed by atoms with E-state index in [-0.39, 0.29) is 17.8 Å². The number of amides is 1. The maximum atomic E-state index is 13.0. The van der Waals surface area contributed by atoms with Gasteiger partial charge in [-0.1, -0.05) is 0 Å². The molecule has 6 heteroatoms. The van der Waals surface area contributed by atoms with Crippen LogP contribution in [0.2, 0.25) is 0 Å². The normalized spacial score (nSPS) is 17.6. The van der Waals surface area contributed by atoms with E-state index in [1.807, 2.05) is 21.8 Å². The lowest BCUT2D eigenvalue weighted by Gasteiger charge is -2.32. The predicted octanol–water partition coefficient (Wildman–Crippen LogP) is 3.76. The van der Waals surface area contributed by atoms with E-state index in [4.69, 9.17) is 4.42 Å². The molecule has 1 fully saturated rings. The Morgan fingerprint density at radius 1 is 1.20 bits per heavy atom. The smallest absolute Gasteiger partial charge is 0.289 e. The number of piperidine rings is 1. The van der Waals surface area contributed by atoms with Crippen molar-refractivity contribution in [1.29, 1.82) is 0 Å². The molecular formula is C19H18FN3O2. The van der Waals surface area contributed by atoms with E-state index < -0.39 is 0 Å². The fourth-order valence-electron chi connectivity index (χ4n) is 3.23. The summed E-state index contributed by atoms with van der Waals surface area (Å²) in [7, 11) is 0. The molecule has 0 saturated carbocycles. The van der Waals surface area contributed by atoms with Gasteiger partial charge < -0.3 is 9.32 Å². The van der Waals surface area contributed by atoms with Crippen LogP contribution < -0.4 is 0 Å². The van der Waals surface area contributed by atoms with Crippen LogP contribution in [-0.4, -0.2) is 33.7 Å². The van der Waals surface area contributed by atoms with E-state index in [0.29, 0.717) is 24.6 Å². The summed E-state index contributed by atoms with van der Waals surface area (Å²) >= 11 is 0. The summed E-state index contributed by atoms with van der Waals surface area (Å²) < 4.78 is 20.7. The second kappa shape index (κ2) is 6.55. The minimum atomic E-state index is -0.301. The third kappa shape index (κ3) is 3.20. The number of carbonyl (C=O) groups excluding carboxylic acids is 1. The second-order valence-electron chi connectivity index (χ2n) is 6.20. The quantitative estimate of drug-likeness (QED) is 0.730. The number of aromatic nitrogens is 2. The molecule has 1 saturated heterocycles. The highest BCUT2D eigenvalue weighted by molar-refractivity contribution is 5.92. The molecule has 0 spiro atoms. The first kappa shape index (κ1) is 15.6. The van der Waals surface area contributed by atoms with E-state index in [1.54, 1.807) is 30.5 Å². The number of carbonyl (C=O) groups is 1. The summed E-state index contributed by atoms with van der Waals surface area (Å²) in [5, 5.41) is 4.28. The molecule has 3 aromatic rings. The van der Waals surface area contributed by atoms with E-state index in [1.165, 1.54) is 12.1 Å². The highest BCUT2D eigenvalue weighted by Crippen LogP contribution is 2.26. The third-order valence-corrected chi connectivity index (χ3v) is 4.53. The molecule has 1 aromatic carbocycles. The fraction of sp³-hybridized carbons (Fsp3) is 0.263. The zero-order valence-electron chi connectivity index (χ0n) is 13.6. The predicted molar refractivity (Wildman–Crippen MR) is 90.5 cm³/mol. The van der Waals surface area contributed by atoms with Gasteiger partial charge in [0.2, 0.25) is 0 Å². The fourth-order valence-corrected chi connectivity index (χ4v) is 3.23. The van der Waals surface area contributed by atoms with Crippen LogP contribution in [0, 0.1) is 5.82 Å². The largest absolute Gasteiger partial charge is 0.451 e.